The zero-order valence-corrected chi connectivity index (χ0v) is 14.7. The predicted octanol–water partition coefficient (Wildman–Crippen LogP) is 1.30. The SMILES string of the molecule is CCn1ncc(-c2nc3c(OC4CN(C(=O)O)C4)ncnc3n2C)c1C. The first-order valence-electron chi connectivity index (χ1n) is 8.34. The summed E-state index contributed by atoms with van der Waals surface area (Å²) in [4.78, 5) is 25.4. The Labute approximate surface area is 149 Å². The van der Waals surface area contributed by atoms with Gasteiger partial charge in [0.15, 0.2) is 11.2 Å². The lowest BCUT2D eigenvalue weighted by atomic mass is 10.2. The lowest BCUT2D eigenvalue weighted by Crippen LogP contribution is -2.55. The molecule has 10 heteroatoms. The van der Waals surface area contributed by atoms with E-state index in [4.69, 9.17) is 9.84 Å². The van der Waals surface area contributed by atoms with Gasteiger partial charge in [0, 0.05) is 19.3 Å². The van der Waals surface area contributed by atoms with Crippen LogP contribution in [0.5, 0.6) is 5.88 Å². The molecule has 0 saturated carbocycles. The van der Waals surface area contributed by atoms with Gasteiger partial charge in [-0.2, -0.15) is 10.1 Å². The Balaban J connectivity index is 1.69. The maximum Gasteiger partial charge on any atom is 0.407 e. The van der Waals surface area contributed by atoms with E-state index in [1.165, 1.54) is 11.2 Å². The van der Waals surface area contributed by atoms with Gasteiger partial charge < -0.3 is 19.3 Å². The highest BCUT2D eigenvalue weighted by Gasteiger charge is 2.33. The molecule has 1 N–H and O–H groups in total. The summed E-state index contributed by atoms with van der Waals surface area (Å²) < 4.78 is 9.65. The first-order chi connectivity index (χ1) is 12.5. The number of imidazole rings is 1. The number of hydrogen-bond acceptors (Lipinski definition) is 6. The first-order valence-corrected chi connectivity index (χ1v) is 8.34. The van der Waals surface area contributed by atoms with Crippen LogP contribution in [-0.2, 0) is 13.6 Å². The van der Waals surface area contributed by atoms with E-state index in [2.05, 4.69) is 20.1 Å². The second-order valence-electron chi connectivity index (χ2n) is 6.23. The van der Waals surface area contributed by atoms with E-state index in [1.54, 1.807) is 6.20 Å². The predicted molar refractivity (Wildman–Crippen MR) is 91.9 cm³/mol. The Morgan fingerprint density at radius 3 is 2.81 bits per heavy atom. The summed E-state index contributed by atoms with van der Waals surface area (Å²) in [6.45, 7) is 5.47. The Kier molecular flexibility index (Phi) is 3.74. The van der Waals surface area contributed by atoms with Gasteiger partial charge in [0.1, 0.15) is 18.3 Å². The second-order valence-corrected chi connectivity index (χ2v) is 6.23. The molecule has 1 aliphatic heterocycles. The number of carbonyl (C=O) groups is 1. The quantitative estimate of drug-likeness (QED) is 0.749. The maximum atomic E-state index is 10.9. The van der Waals surface area contributed by atoms with Gasteiger partial charge in [0.05, 0.1) is 24.8 Å². The highest BCUT2D eigenvalue weighted by molar-refractivity contribution is 5.81. The molecule has 0 aromatic carbocycles. The van der Waals surface area contributed by atoms with Crippen molar-refractivity contribution >= 4 is 17.3 Å². The highest BCUT2D eigenvalue weighted by Crippen LogP contribution is 2.29. The Morgan fingerprint density at radius 1 is 1.38 bits per heavy atom. The van der Waals surface area contributed by atoms with E-state index in [0.29, 0.717) is 30.1 Å². The van der Waals surface area contributed by atoms with Gasteiger partial charge in [-0.3, -0.25) is 4.68 Å². The number of nitrogens with zero attached hydrogens (tertiary/aromatic N) is 7. The molecule has 1 fully saturated rings. The average Bonchev–Trinajstić information content (AvgIpc) is 3.11. The van der Waals surface area contributed by atoms with E-state index in [9.17, 15) is 4.79 Å². The molecule has 0 unspecified atom stereocenters. The number of likely N-dealkylation sites (tertiary alicyclic amines) is 1. The van der Waals surface area contributed by atoms with Crippen molar-refractivity contribution in [2.75, 3.05) is 13.1 Å². The van der Waals surface area contributed by atoms with Crippen molar-refractivity contribution in [3.05, 3.63) is 18.2 Å². The molecule has 3 aromatic heterocycles. The molecule has 3 aromatic rings. The highest BCUT2D eigenvalue weighted by atomic mass is 16.5. The standard InChI is InChI=1S/C16H19N7O3/c1-4-23-9(2)11(5-19-23)13-20-12-14(21(13)3)17-8-18-15(12)26-10-6-22(7-10)16(24)25/h5,8,10H,4,6-7H2,1-3H3,(H,24,25). The van der Waals surface area contributed by atoms with Crippen LogP contribution in [0.15, 0.2) is 12.5 Å². The molecule has 0 bridgehead atoms. The molecule has 136 valence electrons. The number of ether oxygens (including phenoxy) is 1. The van der Waals surface area contributed by atoms with Crippen LogP contribution in [-0.4, -0.2) is 64.6 Å². The van der Waals surface area contributed by atoms with Crippen molar-refractivity contribution < 1.29 is 14.6 Å². The van der Waals surface area contributed by atoms with Gasteiger partial charge in [-0.1, -0.05) is 0 Å². The molecule has 1 amide bonds. The fourth-order valence-corrected chi connectivity index (χ4v) is 3.12. The number of hydrogen-bond donors (Lipinski definition) is 1. The monoisotopic (exact) mass is 357 g/mol. The van der Waals surface area contributed by atoms with Gasteiger partial charge in [0.2, 0.25) is 5.88 Å². The van der Waals surface area contributed by atoms with E-state index < -0.39 is 6.09 Å². The Hall–Kier alpha value is -3.17. The molecule has 1 aliphatic rings. The molecule has 0 atom stereocenters. The van der Waals surface area contributed by atoms with Crippen LogP contribution in [0, 0.1) is 6.92 Å². The normalized spacial score (nSPS) is 14.7. The average molecular weight is 357 g/mol. The van der Waals surface area contributed by atoms with Crippen LogP contribution in [0.1, 0.15) is 12.6 Å². The zero-order chi connectivity index (χ0) is 18.4. The number of rotatable bonds is 4. The summed E-state index contributed by atoms with van der Waals surface area (Å²) in [6, 6.07) is 0. The van der Waals surface area contributed by atoms with Crippen molar-refractivity contribution in [1.29, 1.82) is 0 Å². The smallest absolute Gasteiger partial charge is 0.407 e. The first kappa shape index (κ1) is 16.3. The zero-order valence-electron chi connectivity index (χ0n) is 14.7. The lowest BCUT2D eigenvalue weighted by Gasteiger charge is -2.36. The fourth-order valence-electron chi connectivity index (χ4n) is 3.12. The Morgan fingerprint density at radius 2 is 2.15 bits per heavy atom. The molecule has 26 heavy (non-hydrogen) atoms. The van der Waals surface area contributed by atoms with E-state index in [-0.39, 0.29) is 6.10 Å². The number of aromatic nitrogens is 6. The van der Waals surface area contributed by atoms with Gasteiger partial charge in [-0.25, -0.2) is 14.8 Å². The molecular formula is C16H19N7O3. The molecule has 4 rings (SSSR count). The maximum absolute atomic E-state index is 10.9. The Bertz CT molecular complexity index is 987. The molecule has 0 aliphatic carbocycles. The number of aryl methyl sites for hydroxylation is 2. The third kappa shape index (κ3) is 2.45. The van der Waals surface area contributed by atoms with E-state index in [1.807, 2.05) is 30.1 Å². The second kappa shape index (κ2) is 5.97. The van der Waals surface area contributed by atoms with Crippen LogP contribution in [0.4, 0.5) is 4.79 Å². The fraction of sp³-hybridized carbons (Fsp3) is 0.438. The van der Waals surface area contributed by atoms with Crippen molar-refractivity contribution in [3.8, 4) is 17.3 Å². The van der Waals surface area contributed by atoms with Crippen molar-refractivity contribution in [1.82, 2.24) is 34.2 Å². The van der Waals surface area contributed by atoms with E-state index in [0.717, 1.165) is 23.6 Å². The van der Waals surface area contributed by atoms with E-state index >= 15 is 0 Å². The topological polar surface area (TPSA) is 111 Å². The summed E-state index contributed by atoms with van der Waals surface area (Å²) >= 11 is 0. The summed E-state index contributed by atoms with van der Waals surface area (Å²) in [7, 11) is 1.89. The third-order valence-corrected chi connectivity index (χ3v) is 4.66. The molecule has 10 nitrogen and oxygen atoms in total. The molecule has 1 saturated heterocycles. The van der Waals surface area contributed by atoms with Crippen molar-refractivity contribution in [2.24, 2.45) is 7.05 Å². The molecular weight excluding hydrogens is 338 g/mol. The summed E-state index contributed by atoms with van der Waals surface area (Å²) in [5.41, 5.74) is 3.17. The van der Waals surface area contributed by atoms with Crippen LogP contribution >= 0.6 is 0 Å². The van der Waals surface area contributed by atoms with Crippen LogP contribution < -0.4 is 4.74 Å². The lowest BCUT2D eigenvalue weighted by molar-refractivity contribution is 0.0235. The molecule has 0 radical (unpaired) electrons. The van der Waals surface area contributed by atoms with Crippen molar-refractivity contribution in [3.63, 3.8) is 0 Å². The van der Waals surface area contributed by atoms with Gasteiger partial charge in [-0.05, 0) is 13.8 Å². The number of fused-ring (bicyclic) bond motifs is 1. The third-order valence-electron chi connectivity index (χ3n) is 4.66. The molecule has 0 spiro atoms. The van der Waals surface area contributed by atoms with Crippen molar-refractivity contribution in [2.45, 2.75) is 26.5 Å². The minimum absolute atomic E-state index is 0.223. The number of amides is 1. The summed E-state index contributed by atoms with van der Waals surface area (Å²) in [6.07, 6.45) is 2.06. The van der Waals surface area contributed by atoms with Gasteiger partial charge in [0.25, 0.3) is 0 Å². The van der Waals surface area contributed by atoms with Crippen LogP contribution in [0.25, 0.3) is 22.6 Å². The minimum Gasteiger partial charge on any atom is -0.469 e. The van der Waals surface area contributed by atoms with Gasteiger partial charge in [-0.15, -0.1) is 0 Å². The number of carboxylic acid groups (broad SMARTS) is 1. The summed E-state index contributed by atoms with van der Waals surface area (Å²) in [5.74, 6) is 1.11. The largest absolute Gasteiger partial charge is 0.469 e. The van der Waals surface area contributed by atoms with Gasteiger partial charge >= 0.3 is 6.09 Å². The molecule has 4 heterocycles. The summed E-state index contributed by atoms with van der Waals surface area (Å²) in [5, 5.41) is 13.3. The van der Waals surface area contributed by atoms with Crippen LogP contribution in [0.2, 0.25) is 0 Å². The van der Waals surface area contributed by atoms with Crippen LogP contribution in [0.3, 0.4) is 0 Å². The minimum atomic E-state index is -0.943.